The monoisotopic (exact) mass is 437 g/mol. The second-order valence-corrected chi connectivity index (χ2v) is 7.49. The molecule has 0 aliphatic rings. The maximum Gasteiger partial charge on any atom is 0.408 e. The Morgan fingerprint density at radius 2 is 1.66 bits per heavy atom. The zero-order chi connectivity index (χ0) is 23.5. The van der Waals surface area contributed by atoms with Gasteiger partial charge in [-0.1, -0.05) is 62.4 Å². The SMILES string of the molecule is COC(=O)[C@@H](Cc1ccccc1C#N)NC(=O)[C@H](NC(=O)OCc1ccccc1)C(C)C. The lowest BCUT2D eigenvalue weighted by molar-refractivity contribution is -0.145. The van der Waals surface area contributed by atoms with Crippen LogP contribution in [0, 0.1) is 17.2 Å². The molecule has 0 fully saturated rings. The summed E-state index contributed by atoms with van der Waals surface area (Å²) >= 11 is 0. The van der Waals surface area contributed by atoms with Crippen LogP contribution in [0.2, 0.25) is 0 Å². The van der Waals surface area contributed by atoms with Crippen LogP contribution in [0.3, 0.4) is 0 Å². The maximum atomic E-state index is 12.9. The van der Waals surface area contributed by atoms with Gasteiger partial charge in [-0.3, -0.25) is 4.79 Å². The number of alkyl carbamates (subject to hydrolysis) is 1. The number of rotatable bonds is 9. The Balaban J connectivity index is 2.06. The number of methoxy groups -OCH3 is 1. The molecule has 2 amide bonds. The van der Waals surface area contributed by atoms with E-state index in [0.717, 1.165) is 5.56 Å². The third-order valence-corrected chi connectivity index (χ3v) is 4.80. The van der Waals surface area contributed by atoms with Crippen molar-refractivity contribution in [3.8, 4) is 6.07 Å². The van der Waals surface area contributed by atoms with E-state index < -0.39 is 30.1 Å². The Kier molecular flexibility index (Phi) is 9.23. The van der Waals surface area contributed by atoms with Crippen LogP contribution < -0.4 is 10.6 Å². The smallest absolute Gasteiger partial charge is 0.408 e. The average molecular weight is 437 g/mol. The van der Waals surface area contributed by atoms with Gasteiger partial charge in [-0.15, -0.1) is 0 Å². The quantitative estimate of drug-likeness (QED) is 0.583. The van der Waals surface area contributed by atoms with Gasteiger partial charge < -0.3 is 20.1 Å². The summed E-state index contributed by atoms with van der Waals surface area (Å²) in [6.45, 7) is 3.59. The number of esters is 1. The minimum absolute atomic E-state index is 0.0643. The molecule has 2 rings (SSSR count). The number of carbonyl (C=O) groups is 3. The van der Waals surface area contributed by atoms with Crippen LogP contribution in [-0.2, 0) is 32.1 Å². The van der Waals surface area contributed by atoms with E-state index >= 15 is 0 Å². The summed E-state index contributed by atoms with van der Waals surface area (Å²) in [5.74, 6) is -1.48. The molecular weight excluding hydrogens is 410 g/mol. The molecule has 2 N–H and O–H groups in total. The van der Waals surface area contributed by atoms with Gasteiger partial charge in [0, 0.05) is 6.42 Å². The Morgan fingerprint density at radius 3 is 2.28 bits per heavy atom. The highest BCUT2D eigenvalue weighted by atomic mass is 16.5. The molecule has 2 atom stereocenters. The number of hydrogen-bond donors (Lipinski definition) is 2. The second kappa shape index (κ2) is 12.1. The van der Waals surface area contributed by atoms with Crippen molar-refractivity contribution < 1.29 is 23.9 Å². The summed E-state index contributed by atoms with van der Waals surface area (Å²) in [4.78, 5) is 37.5. The summed E-state index contributed by atoms with van der Waals surface area (Å²) in [7, 11) is 1.22. The van der Waals surface area contributed by atoms with Crippen LogP contribution in [0.5, 0.6) is 0 Å². The molecule has 0 radical (unpaired) electrons. The first-order valence-corrected chi connectivity index (χ1v) is 10.2. The molecule has 0 aliphatic heterocycles. The van der Waals surface area contributed by atoms with Crippen molar-refractivity contribution >= 4 is 18.0 Å². The number of nitrogens with zero attached hydrogens (tertiary/aromatic N) is 1. The number of benzene rings is 2. The standard InChI is InChI=1S/C24H27N3O5/c1-16(2)21(27-24(30)32-15-17-9-5-4-6-10-17)22(28)26-20(23(29)31-3)13-18-11-7-8-12-19(18)14-25/h4-12,16,20-21H,13,15H2,1-3H3,(H,26,28)(H,27,30)/t20-,21-/m1/s1. The van der Waals surface area contributed by atoms with Crippen molar-refractivity contribution in [3.05, 3.63) is 71.3 Å². The van der Waals surface area contributed by atoms with Crippen LogP contribution in [0.15, 0.2) is 54.6 Å². The molecule has 0 saturated carbocycles. The number of nitrogens with one attached hydrogen (secondary N) is 2. The minimum Gasteiger partial charge on any atom is -0.467 e. The van der Waals surface area contributed by atoms with Crippen molar-refractivity contribution in [3.63, 3.8) is 0 Å². The summed E-state index contributed by atoms with van der Waals surface area (Å²) in [5.41, 5.74) is 1.82. The molecule has 0 saturated heterocycles. The van der Waals surface area contributed by atoms with Gasteiger partial charge in [-0.25, -0.2) is 9.59 Å². The van der Waals surface area contributed by atoms with Gasteiger partial charge in [0.1, 0.15) is 18.7 Å². The van der Waals surface area contributed by atoms with E-state index in [4.69, 9.17) is 9.47 Å². The second-order valence-electron chi connectivity index (χ2n) is 7.49. The molecule has 0 bridgehead atoms. The van der Waals surface area contributed by atoms with Crippen LogP contribution >= 0.6 is 0 Å². The van der Waals surface area contributed by atoms with Crippen LogP contribution in [0.25, 0.3) is 0 Å². The molecule has 0 heterocycles. The number of amides is 2. The lowest BCUT2D eigenvalue weighted by Gasteiger charge is -2.24. The van der Waals surface area contributed by atoms with E-state index in [-0.39, 0.29) is 18.9 Å². The highest BCUT2D eigenvalue weighted by Gasteiger charge is 2.30. The lowest BCUT2D eigenvalue weighted by Crippen LogP contribution is -2.54. The molecule has 0 unspecified atom stereocenters. The molecule has 8 nitrogen and oxygen atoms in total. The van der Waals surface area contributed by atoms with Gasteiger partial charge in [0.2, 0.25) is 5.91 Å². The number of carbonyl (C=O) groups excluding carboxylic acids is 3. The van der Waals surface area contributed by atoms with E-state index in [9.17, 15) is 19.6 Å². The minimum atomic E-state index is -1.02. The predicted molar refractivity (Wildman–Crippen MR) is 117 cm³/mol. The van der Waals surface area contributed by atoms with Crippen LogP contribution in [0.4, 0.5) is 4.79 Å². The van der Waals surface area contributed by atoms with Crippen molar-refractivity contribution in [1.82, 2.24) is 10.6 Å². The molecule has 2 aromatic rings. The summed E-state index contributed by atoms with van der Waals surface area (Å²) in [5, 5.41) is 14.5. The van der Waals surface area contributed by atoms with Crippen LogP contribution in [-0.4, -0.2) is 37.2 Å². The molecule has 0 aliphatic carbocycles. The van der Waals surface area contributed by atoms with Crippen LogP contribution in [0.1, 0.15) is 30.5 Å². The van der Waals surface area contributed by atoms with Gasteiger partial charge >= 0.3 is 12.1 Å². The van der Waals surface area contributed by atoms with Gasteiger partial charge in [-0.2, -0.15) is 5.26 Å². The average Bonchev–Trinajstić information content (AvgIpc) is 2.80. The lowest BCUT2D eigenvalue weighted by atomic mass is 9.99. The molecule has 32 heavy (non-hydrogen) atoms. The zero-order valence-electron chi connectivity index (χ0n) is 18.3. The van der Waals surface area contributed by atoms with Crippen molar-refractivity contribution in [2.24, 2.45) is 5.92 Å². The van der Waals surface area contributed by atoms with Gasteiger partial charge in [0.05, 0.1) is 18.7 Å². The van der Waals surface area contributed by atoms with Gasteiger partial charge in [-0.05, 0) is 23.1 Å². The van der Waals surface area contributed by atoms with E-state index in [0.29, 0.717) is 11.1 Å². The van der Waals surface area contributed by atoms with Crippen molar-refractivity contribution in [1.29, 1.82) is 5.26 Å². The number of hydrogen-bond acceptors (Lipinski definition) is 6. The molecule has 0 spiro atoms. The Labute approximate surface area is 187 Å². The molecule has 0 aromatic heterocycles. The highest BCUT2D eigenvalue weighted by Crippen LogP contribution is 2.12. The van der Waals surface area contributed by atoms with Gasteiger partial charge in [0.15, 0.2) is 0 Å². The van der Waals surface area contributed by atoms with E-state index in [1.54, 1.807) is 38.1 Å². The Bertz CT molecular complexity index is 969. The largest absolute Gasteiger partial charge is 0.467 e. The molecule has 168 valence electrons. The fourth-order valence-corrected chi connectivity index (χ4v) is 3.05. The van der Waals surface area contributed by atoms with Crippen molar-refractivity contribution in [2.45, 2.75) is 39.0 Å². The molecule has 2 aromatic carbocycles. The number of ether oxygens (including phenoxy) is 2. The highest BCUT2D eigenvalue weighted by molar-refractivity contribution is 5.90. The first-order chi connectivity index (χ1) is 15.3. The summed E-state index contributed by atoms with van der Waals surface area (Å²) < 4.78 is 10.0. The maximum absolute atomic E-state index is 12.9. The fourth-order valence-electron chi connectivity index (χ4n) is 3.05. The number of nitriles is 1. The first-order valence-electron chi connectivity index (χ1n) is 10.2. The fraction of sp³-hybridized carbons (Fsp3) is 0.333. The normalized spacial score (nSPS) is 12.2. The van der Waals surface area contributed by atoms with E-state index in [1.807, 2.05) is 30.3 Å². The van der Waals surface area contributed by atoms with E-state index in [1.165, 1.54) is 7.11 Å². The summed E-state index contributed by atoms with van der Waals surface area (Å²) in [6.07, 6.45) is -0.669. The third kappa shape index (κ3) is 7.13. The van der Waals surface area contributed by atoms with E-state index in [2.05, 4.69) is 16.7 Å². The predicted octanol–water partition coefficient (Wildman–Crippen LogP) is 2.71. The van der Waals surface area contributed by atoms with Crippen molar-refractivity contribution in [2.75, 3.05) is 7.11 Å². The topological polar surface area (TPSA) is 118 Å². The first kappa shape index (κ1) is 24.4. The zero-order valence-corrected chi connectivity index (χ0v) is 18.3. The molecule has 8 heteroatoms. The Morgan fingerprint density at radius 1 is 1.00 bits per heavy atom. The van der Waals surface area contributed by atoms with Gasteiger partial charge in [0.25, 0.3) is 0 Å². The Hall–Kier alpha value is -3.86. The third-order valence-electron chi connectivity index (χ3n) is 4.80. The molecular formula is C24H27N3O5. The summed E-state index contributed by atoms with van der Waals surface area (Å²) in [6, 6.07) is 16.1.